The van der Waals surface area contributed by atoms with Gasteiger partial charge in [-0.2, -0.15) is 0 Å². The van der Waals surface area contributed by atoms with E-state index in [1.165, 1.54) is 0 Å². The number of carboxylic acid groups (broad SMARTS) is 1. The molecule has 0 heterocycles. The molecule has 0 spiro atoms. The molecule has 4 heteroatoms. The Balaban J connectivity index is 2.13. The van der Waals surface area contributed by atoms with E-state index in [2.05, 4.69) is 28.2 Å². The number of nitrogens with one attached hydrogen (secondary N) is 1. The highest BCUT2D eigenvalue weighted by molar-refractivity contribution is 9.10. The molecule has 0 radical (unpaired) electrons. The highest BCUT2D eigenvalue weighted by Gasteiger charge is 2.09. The van der Waals surface area contributed by atoms with Gasteiger partial charge in [-0.15, -0.1) is 0 Å². The van der Waals surface area contributed by atoms with E-state index in [-0.39, 0.29) is 6.04 Å². The Hall–Kier alpha value is -1.81. The molecule has 2 rings (SSSR count). The third-order valence-corrected chi connectivity index (χ3v) is 3.61. The Morgan fingerprint density at radius 1 is 1.16 bits per heavy atom. The lowest BCUT2D eigenvalue weighted by molar-refractivity contribution is 0.0697. The van der Waals surface area contributed by atoms with Gasteiger partial charge in [-0.3, -0.25) is 0 Å². The van der Waals surface area contributed by atoms with E-state index >= 15 is 0 Å². The summed E-state index contributed by atoms with van der Waals surface area (Å²) < 4.78 is 1.05. The zero-order valence-corrected chi connectivity index (χ0v) is 12.0. The first-order valence-corrected chi connectivity index (χ1v) is 6.71. The van der Waals surface area contributed by atoms with Gasteiger partial charge in [0.05, 0.1) is 5.56 Å². The molecule has 2 N–H and O–H groups in total. The second kappa shape index (κ2) is 5.89. The molecule has 1 unspecified atom stereocenters. The van der Waals surface area contributed by atoms with Crippen LogP contribution < -0.4 is 5.32 Å². The summed E-state index contributed by atoms with van der Waals surface area (Å²) in [7, 11) is 0. The normalized spacial score (nSPS) is 11.9. The zero-order chi connectivity index (χ0) is 13.8. The predicted molar refractivity (Wildman–Crippen MR) is 79.6 cm³/mol. The van der Waals surface area contributed by atoms with Crippen molar-refractivity contribution in [3.8, 4) is 0 Å². The molecule has 0 aliphatic carbocycles. The maximum Gasteiger partial charge on any atom is 0.335 e. The van der Waals surface area contributed by atoms with Gasteiger partial charge in [-0.1, -0.05) is 34.1 Å². The SMILES string of the molecule is CC(Nc1ccc(C(=O)O)cc1)c1ccccc1Br. The van der Waals surface area contributed by atoms with Crippen molar-refractivity contribution in [3.63, 3.8) is 0 Å². The molecule has 2 aromatic carbocycles. The molecule has 98 valence electrons. The number of carbonyl (C=O) groups is 1. The average Bonchev–Trinajstić information content (AvgIpc) is 2.39. The highest BCUT2D eigenvalue weighted by Crippen LogP contribution is 2.26. The van der Waals surface area contributed by atoms with Gasteiger partial charge in [0.2, 0.25) is 0 Å². The number of carboxylic acids is 1. The summed E-state index contributed by atoms with van der Waals surface area (Å²) in [6.45, 7) is 2.06. The molecule has 0 bridgehead atoms. The number of rotatable bonds is 4. The minimum atomic E-state index is -0.912. The van der Waals surface area contributed by atoms with Crippen molar-refractivity contribution in [2.75, 3.05) is 5.32 Å². The quantitative estimate of drug-likeness (QED) is 0.882. The molecule has 3 nitrogen and oxygen atoms in total. The van der Waals surface area contributed by atoms with Crippen LogP contribution in [0.1, 0.15) is 28.9 Å². The van der Waals surface area contributed by atoms with Crippen LogP contribution in [0.15, 0.2) is 53.0 Å². The van der Waals surface area contributed by atoms with Crippen molar-refractivity contribution in [1.29, 1.82) is 0 Å². The Kier molecular flexibility index (Phi) is 4.22. The summed E-state index contributed by atoms with van der Waals surface area (Å²) in [6.07, 6.45) is 0. The number of aromatic carboxylic acids is 1. The summed E-state index contributed by atoms with van der Waals surface area (Å²) in [6, 6.07) is 14.9. The van der Waals surface area contributed by atoms with Crippen LogP contribution in [0.2, 0.25) is 0 Å². The fourth-order valence-electron chi connectivity index (χ4n) is 1.86. The first-order chi connectivity index (χ1) is 9.08. The topological polar surface area (TPSA) is 49.3 Å². The Morgan fingerprint density at radius 3 is 2.37 bits per heavy atom. The molecular formula is C15H14BrNO2. The molecule has 1 atom stereocenters. The largest absolute Gasteiger partial charge is 0.478 e. The minimum Gasteiger partial charge on any atom is -0.478 e. The lowest BCUT2D eigenvalue weighted by Gasteiger charge is -2.17. The fourth-order valence-corrected chi connectivity index (χ4v) is 2.49. The summed E-state index contributed by atoms with van der Waals surface area (Å²) in [4.78, 5) is 10.8. The highest BCUT2D eigenvalue weighted by atomic mass is 79.9. The number of halogens is 1. The molecule has 0 aromatic heterocycles. The molecule has 0 aliphatic heterocycles. The molecule has 0 saturated heterocycles. The van der Waals surface area contributed by atoms with Crippen molar-refractivity contribution >= 4 is 27.6 Å². The van der Waals surface area contributed by atoms with Gasteiger partial charge >= 0.3 is 5.97 Å². The van der Waals surface area contributed by atoms with E-state index in [1.807, 2.05) is 24.3 Å². The second-order valence-corrected chi connectivity index (χ2v) is 5.12. The molecule has 0 aliphatic rings. The Labute approximate surface area is 120 Å². The van der Waals surface area contributed by atoms with Crippen LogP contribution in [0.25, 0.3) is 0 Å². The maximum atomic E-state index is 10.8. The number of hydrogen-bond acceptors (Lipinski definition) is 2. The van der Waals surface area contributed by atoms with E-state index in [4.69, 9.17) is 5.11 Å². The number of hydrogen-bond donors (Lipinski definition) is 2. The van der Waals surface area contributed by atoms with Gasteiger partial charge in [0.25, 0.3) is 0 Å². The van der Waals surface area contributed by atoms with Crippen molar-refractivity contribution in [1.82, 2.24) is 0 Å². The monoisotopic (exact) mass is 319 g/mol. The van der Waals surface area contributed by atoms with Gasteiger partial charge in [0.15, 0.2) is 0 Å². The van der Waals surface area contributed by atoms with Crippen LogP contribution in [0.5, 0.6) is 0 Å². The van der Waals surface area contributed by atoms with E-state index in [0.29, 0.717) is 5.56 Å². The van der Waals surface area contributed by atoms with E-state index in [9.17, 15) is 4.79 Å². The van der Waals surface area contributed by atoms with Crippen molar-refractivity contribution in [3.05, 3.63) is 64.1 Å². The van der Waals surface area contributed by atoms with Crippen LogP contribution >= 0.6 is 15.9 Å². The molecule has 0 fully saturated rings. The first-order valence-electron chi connectivity index (χ1n) is 5.92. The third-order valence-electron chi connectivity index (χ3n) is 2.89. The van der Waals surface area contributed by atoms with Gasteiger partial charge in [0, 0.05) is 16.2 Å². The van der Waals surface area contributed by atoms with E-state index in [0.717, 1.165) is 15.7 Å². The van der Waals surface area contributed by atoms with Gasteiger partial charge in [-0.05, 0) is 42.8 Å². The molecular weight excluding hydrogens is 306 g/mol. The van der Waals surface area contributed by atoms with Crippen LogP contribution in [0.4, 0.5) is 5.69 Å². The van der Waals surface area contributed by atoms with Crippen LogP contribution in [0, 0.1) is 0 Å². The van der Waals surface area contributed by atoms with Crippen LogP contribution in [0.3, 0.4) is 0 Å². The van der Waals surface area contributed by atoms with Gasteiger partial charge in [-0.25, -0.2) is 4.79 Å². The number of anilines is 1. The van der Waals surface area contributed by atoms with Crippen molar-refractivity contribution < 1.29 is 9.90 Å². The Morgan fingerprint density at radius 2 is 1.79 bits per heavy atom. The molecule has 2 aromatic rings. The summed E-state index contributed by atoms with van der Waals surface area (Å²) in [5, 5.41) is 12.2. The van der Waals surface area contributed by atoms with Crippen molar-refractivity contribution in [2.45, 2.75) is 13.0 Å². The first kappa shape index (κ1) is 13.6. The summed E-state index contributed by atoms with van der Waals surface area (Å²) in [5.74, 6) is -0.912. The fraction of sp³-hybridized carbons (Fsp3) is 0.133. The van der Waals surface area contributed by atoms with Gasteiger partial charge in [0.1, 0.15) is 0 Å². The Bertz CT molecular complexity index is 581. The standard InChI is InChI=1S/C15H14BrNO2/c1-10(13-4-2-3-5-14(13)16)17-12-8-6-11(7-9-12)15(18)19/h2-10,17H,1H3,(H,18,19). The van der Waals surface area contributed by atoms with Crippen LogP contribution in [-0.4, -0.2) is 11.1 Å². The molecule has 19 heavy (non-hydrogen) atoms. The lowest BCUT2D eigenvalue weighted by Crippen LogP contribution is -2.07. The summed E-state index contributed by atoms with van der Waals surface area (Å²) >= 11 is 3.52. The minimum absolute atomic E-state index is 0.131. The predicted octanol–water partition coefficient (Wildman–Crippen LogP) is 4.32. The van der Waals surface area contributed by atoms with Crippen molar-refractivity contribution in [2.24, 2.45) is 0 Å². The van der Waals surface area contributed by atoms with Gasteiger partial charge < -0.3 is 10.4 Å². The average molecular weight is 320 g/mol. The summed E-state index contributed by atoms with van der Waals surface area (Å²) in [5.41, 5.74) is 2.34. The lowest BCUT2D eigenvalue weighted by atomic mass is 10.1. The third kappa shape index (κ3) is 3.35. The van der Waals surface area contributed by atoms with E-state index < -0.39 is 5.97 Å². The molecule has 0 saturated carbocycles. The van der Waals surface area contributed by atoms with E-state index in [1.54, 1.807) is 24.3 Å². The number of benzene rings is 2. The molecule has 0 amide bonds. The second-order valence-electron chi connectivity index (χ2n) is 4.27. The smallest absolute Gasteiger partial charge is 0.335 e. The zero-order valence-electron chi connectivity index (χ0n) is 10.4. The maximum absolute atomic E-state index is 10.8. The van der Waals surface area contributed by atoms with Crippen LogP contribution in [-0.2, 0) is 0 Å².